The van der Waals surface area contributed by atoms with Crippen molar-refractivity contribution in [1.29, 1.82) is 0 Å². The molecule has 8 aromatic rings. The predicted molar refractivity (Wildman–Crippen MR) is 179 cm³/mol. The van der Waals surface area contributed by atoms with Crippen LogP contribution in [0, 0.1) is 0 Å². The van der Waals surface area contributed by atoms with Gasteiger partial charge in [0.25, 0.3) is 0 Å². The second-order valence-electron chi connectivity index (χ2n) is 11.6. The Kier molecular flexibility index (Phi) is 4.35. The van der Waals surface area contributed by atoms with Gasteiger partial charge in [-0.3, -0.25) is 0 Å². The fourth-order valence-electron chi connectivity index (χ4n) is 8.10. The van der Waals surface area contributed by atoms with E-state index < -0.39 is 0 Å². The minimum Gasteiger partial charge on any atom is -0.135 e. The zero-order chi connectivity index (χ0) is 27.4. The fourth-order valence-corrected chi connectivity index (χ4v) is 9.24. The van der Waals surface area contributed by atoms with Crippen LogP contribution in [0.2, 0.25) is 0 Å². The fraction of sp³-hybridized carbons (Fsp3) is 0.0244. The van der Waals surface area contributed by atoms with Crippen molar-refractivity contribution >= 4 is 42.3 Å². The van der Waals surface area contributed by atoms with Crippen molar-refractivity contribution in [2.75, 3.05) is 0 Å². The van der Waals surface area contributed by atoms with Crippen molar-refractivity contribution in [3.05, 3.63) is 168 Å². The molecule has 10 rings (SSSR count). The number of fused-ring (bicyclic) bond motifs is 15. The third-order valence-electron chi connectivity index (χ3n) is 9.67. The van der Waals surface area contributed by atoms with E-state index in [1.807, 2.05) is 11.3 Å². The molecule has 7 aromatic carbocycles. The molecule has 0 saturated carbocycles. The van der Waals surface area contributed by atoms with E-state index in [0.29, 0.717) is 0 Å². The maximum Gasteiger partial charge on any atom is 0.0731 e. The van der Waals surface area contributed by atoms with Gasteiger partial charge in [0, 0.05) is 20.2 Å². The molecule has 0 atom stereocenters. The van der Waals surface area contributed by atoms with E-state index in [4.69, 9.17) is 0 Å². The number of hydrogen-bond donors (Lipinski definition) is 0. The van der Waals surface area contributed by atoms with E-state index in [-0.39, 0.29) is 5.41 Å². The number of benzene rings is 7. The Hall–Kier alpha value is -4.98. The lowest BCUT2D eigenvalue weighted by atomic mass is 9.69. The second kappa shape index (κ2) is 8.06. The molecule has 0 bridgehead atoms. The SMILES string of the molecule is c1ccc2c(c1)-c1ccccc1C21c2ccccc2-c2c(-c3ccc4c(c3)sc3ccccc34)cc3ccccc3c21. The normalized spacial score (nSPS) is 13.9. The summed E-state index contributed by atoms with van der Waals surface area (Å²) < 4.78 is 2.69. The van der Waals surface area contributed by atoms with E-state index in [1.165, 1.54) is 86.6 Å². The Morgan fingerprint density at radius 1 is 0.405 bits per heavy atom. The molecule has 1 spiro atoms. The molecule has 2 aliphatic carbocycles. The molecule has 1 aromatic heterocycles. The van der Waals surface area contributed by atoms with Crippen LogP contribution >= 0.6 is 11.3 Å². The predicted octanol–water partition coefficient (Wildman–Crippen LogP) is 11.2. The highest BCUT2D eigenvalue weighted by atomic mass is 32.1. The lowest BCUT2D eigenvalue weighted by Crippen LogP contribution is -2.26. The van der Waals surface area contributed by atoms with E-state index >= 15 is 0 Å². The molecule has 0 N–H and O–H groups in total. The van der Waals surface area contributed by atoms with Crippen molar-refractivity contribution in [3.8, 4) is 33.4 Å². The van der Waals surface area contributed by atoms with Gasteiger partial charge in [0.1, 0.15) is 0 Å². The molecule has 1 heteroatoms. The Morgan fingerprint density at radius 3 is 1.74 bits per heavy atom. The first-order valence-corrected chi connectivity index (χ1v) is 15.4. The van der Waals surface area contributed by atoms with Crippen LogP contribution in [0.5, 0.6) is 0 Å². The number of hydrogen-bond acceptors (Lipinski definition) is 1. The zero-order valence-electron chi connectivity index (χ0n) is 22.8. The molecule has 42 heavy (non-hydrogen) atoms. The van der Waals surface area contributed by atoms with Gasteiger partial charge in [-0.2, -0.15) is 0 Å². The largest absolute Gasteiger partial charge is 0.135 e. The molecule has 0 saturated heterocycles. The van der Waals surface area contributed by atoms with Gasteiger partial charge in [0.05, 0.1) is 5.41 Å². The molecular weight excluding hydrogens is 525 g/mol. The van der Waals surface area contributed by atoms with Gasteiger partial charge in [-0.25, -0.2) is 0 Å². The first-order chi connectivity index (χ1) is 20.8. The summed E-state index contributed by atoms with van der Waals surface area (Å²) in [5, 5.41) is 5.31. The summed E-state index contributed by atoms with van der Waals surface area (Å²) in [5.74, 6) is 0. The average Bonchev–Trinajstić information content (AvgIpc) is 3.68. The quantitative estimate of drug-likeness (QED) is 0.191. The van der Waals surface area contributed by atoms with Gasteiger partial charge >= 0.3 is 0 Å². The summed E-state index contributed by atoms with van der Waals surface area (Å²) in [6.07, 6.45) is 0. The van der Waals surface area contributed by atoms with Crippen LogP contribution in [0.25, 0.3) is 64.3 Å². The zero-order valence-corrected chi connectivity index (χ0v) is 23.6. The lowest BCUT2D eigenvalue weighted by Gasteiger charge is -2.31. The third kappa shape index (κ3) is 2.68. The van der Waals surface area contributed by atoms with Gasteiger partial charge in [0.2, 0.25) is 0 Å². The standard InChI is InChI=1S/C41H24S/c1-2-12-27-25(11-1)23-33(26-21-22-31-30-15-6-10-20-37(30)42-38(31)24-26)39-32-16-5-9-19-36(32)41(40(27)39)34-17-7-3-13-28(34)29-14-4-8-18-35(29)41/h1-24H. The molecular formula is C41H24S. The summed E-state index contributed by atoms with van der Waals surface area (Å²) in [6.45, 7) is 0. The van der Waals surface area contributed by atoms with Crippen molar-refractivity contribution in [2.45, 2.75) is 5.41 Å². The summed E-state index contributed by atoms with van der Waals surface area (Å²) >= 11 is 1.89. The van der Waals surface area contributed by atoms with Crippen LogP contribution < -0.4 is 0 Å². The smallest absolute Gasteiger partial charge is 0.0731 e. The Morgan fingerprint density at radius 2 is 0.976 bits per heavy atom. The molecule has 1 heterocycles. The first-order valence-electron chi connectivity index (χ1n) is 14.6. The maximum absolute atomic E-state index is 2.44. The highest BCUT2D eigenvalue weighted by molar-refractivity contribution is 7.25. The van der Waals surface area contributed by atoms with Crippen molar-refractivity contribution in [3.63, 3.8) is 0 Å². The van der Waals surface area contributed by atoms with Gasteiger partial charge in [-0.1, -0.05) is 127 Å². The van der Waals surface area contributed by atoms with E-state index in [0.717, 1.165) is 0 Å². The Bertz CT molecular complexity index is 2380. The highest BCUT2D eigenvalue weighted by Gasteiger charge is 2.52. The summed E-state index contributed by atoms with van der Waals surface area (Å²) in [7, 11) is 0. The molecule has 2 aliphatic rings. The number of thiophene rings is 1. The lowest BCUT2D eigenvalue weighted by molar-refractivity contribution is 0.801. The molecule has 0 amide bonds. The van der Waals surface area contributed by atoms with Gasteiger partial charge in [-0.05, 0) is 84.6 Å². The molecule has 0 fully saturated rings. The van der Waals surface area contributed by atoms with Gasteiger partial charge in [-0.15, -0.1) is 11.3 Å². The van der Waals surface area contributed by atoms with Gasteiger partial charge < -0.3 is 0 Å². The molecule has 0 nitrogen and oxygen atoms in total. The van der Waals surface area contributed by atoms with Crippen LogP contribution in [0.4, 0.5) is 0 Å². The van der Waals surface area contributed by atoms with Crippen molar-refractivity contribution in [2.24, 2.45) is 0 Å². The van der Waals surface area contributed by atoms with Crippen molar-refractivity contribution < 1.29 is 0 Å². The Balaban J connectivity index is 1.39. The van der Waals surface area contributed by atoms with E-state index in [9.17, 15) is 0 Å². The molecule has 194 valence electrons. The number of rotatable bonds is 1. The summed E-state index contributed by atoms with van der Waals surface area (Å²) in [4.78, 5) is 0. The summed E-state index contributed by atoms with van der Waals surface area (Å²) in [5.41, 5.74) is 13.2. The first kappa shape index (κ1) is 22.7. The van der Waals surface area contributed by atoms with Crippen LogP contribution in [-0.4, -0.2) is 0 Å². The van der Waals surface area contributed by atoms with Crippen LogP contribution in [0.1, 0.15) is 22.3 Å². The molecule has 0 radical (unpaired) electrons. The third-order valence-corrected chi connectivity index (χ3v) is 10.8. The van der Waals surface area contributed by atoms with Crippen LogP contribution in [0.3, 0.4) is 0 Å². The highest BCUT2D eigenvalue weighted by Crippen LogP contribution is 2.65. The van der Waals surface area contributed by atoms with Crippen molar-refractivity contribution in [1.82, 2.24) is 0 Å². The molecule has 0 unspecified atom stereocenters. The second-order valence-corrected chi connectivity index (χ2v) is 12.7. The van der Waals surface area contributed by atoms with E-state index in [2.05, 4.69) is 146 Å². The minimum absolute atomic E-state index is 0.365. The summed E-state index contributed by atoms with van der Waals surface area (Å²) in [6, 6.07) is 54.6. The Labute approximate surface area is 248 Å². The van der Waals surface area contributed by atoms with Crippen LogP contribution in [-0.2, 0) is 5.41 Å². The molecule has 0 aliphatic heterocycles. The topological polar surface area (TPSA) is 0 Å². The minimum atomic E-state index is -0.365. The average molecular weight is 549 g/mol. The van der Waals surface area contributed by atoms with Crippen LogP contribution in [0.15, 0.2) is 146 Å². The van der Waals surface area contributed by atoms with Gasteiger partial charge in [0.15, 0.2) is 0 Å². The van der Waals surface area contributed by atoms with E-state index in [1.54, 1.807) is 0 Å². The maximum atomic E-state index is 2.44. The monoisotopic (exact) mass is 548 g/mol.